The second-order valence-electron chi connectivity index (χ2n) is 4.69. The van der Waals surface area contributed by atoms with Crippen molar-refractivity contribution in [2.24, 2.45) is 0 Å². The number of rotatable bonds is 3. The number of carbonyl (C=O) groups is 1. The minimum absolute atomic E-state index is 0.0639. The number of nitrogens with zero attached hydrogens (tertiary/aromatic N) is 2. The average Bonchev–Trinajstić information content (AvgIpc) is 2.65. The molecule has 5 heteroatoms. The quantitative estimate of drug-likeness (QED) is 0.863. The van der Waals surface area contributed by atoms with Crippen molar-refractivity contribution >= 4 is 21.8 Å². The van der Waals surface area contributed by atoms with Gasteiger partial charge in [-0.3, -0.25) is 4.79 Å². The molecule has 0 spiro atoms. The van der Waals surface area contributed by atoms with Gasteiger partial charge in [0.15, 0.2) is 0 Å². The Kier molecular flexibility index (Phi) is 5.22. The standard InChI is InChI=1S/C14H19BrN2O2/c15-6-9-16-7-3-8-17(11-10-16)14(19)12-4-1-2-5-13(12)18/h1-2,4-5,18H,3,6-11H2. The number of alkyl halides is 1. The number of phenolic OH excluding ortho intramolecular Hbond substituents is 1. The summed E-state index contributed by atoms with van der Waals surface area (Å²) in [6.45, 7) is 4.41. The fourth-order valence-corrected chi connectivity index (χ4v) is 2.84. The van der Waals surface area contributed by atoms with Crippen LogP contribution in [0.4, 0.5) is 0 Å². The number of hydrogen-bond acceptors (Lipinski definition) is 3. The Hall–Kier alpha value is -1.07. The molecule has 1 heterocycles. The van der Waals surface area contributed by atoms with Crippen LogP contribution >= 0.6 is 15.9 Å². The number of hydrogen-bond donors (Lipinski definition) is 1. The van der Waals surface area contributed by atoms with Crippen molar-refractivity contribution in [1.82, 2.24) is 9.80 Å². The van der Waals surface area contributed by atoms with Crippen molar-refractivity contribution in [2.75, 3.05) is 38.1 Å². The molecule has 0 unspecified atom stereocenters. The second kappa shape index (κ2) is 6.91. The molecule has 0 radical (unpaired) electrons. The van der Waals surface area contributed by atoms with Gasteiger partial charge in [0.1, 0.15) is 5.75 Å². The van der Waals surface area contributed by atoms with Crippen LogP contribution in [0.5, 0.6) is 5.75 Å². The van der Waals surface area contributed by atoms with Crippen molar-refractivity contribution in [2.45, 2.75) is 6.42 Å². The van der Waals surface area contributed by atoms with Gasteiger partial charge < -0.3 is 14.9 Å². The summed E-state index contributed by atoms with van der Waals surface area (Å²) in [5, 5.41) is 10.7. The van der Waals surface area contributed by atoms with Crippen LogP contribution in [0.25, 0.3) is 0 Å². The van der Waals surface area contributed by atoms with Crippen molar-refractivity contribution in [1.29, 1.82) is 0 Å². The molecule has 0 bridgehead atoms. The second-order valence-corrected chi connectivity index (χ2v) is 5.49. The molecule has 1 saturated heterocycles. The summed E-state index contributed by atoms with van der Waals surface area (Å²) in [5.41, 5.74) is 0.399. The number of para-hydroxylation sites is 1. The molecule has 1 aliphatic heterocycles. The summed E-state index contributed by atoms with van der Waals surface area (Å²) >= 11 is 3.45. The highest BCUT2D eigenvalue weighted by molar-refractivity contribution is 9.09. The highest BCUT2D eigenvalue weighted by Gasteiger charge is 2.21. The van der Waals surface area contributed by atoms with E-state index >= 15 is 0 Å². The molecule has 0 aliphatic carbocycles. The number of carbonyl (C=O) groups excluding carboxylic acids is 1. The third-order valence-corrected chi connectivity index (χ3v) is 3.77. The van der Waals surface area contributed by atoms with E-state index in [9.17, 15) is 9.90 Å². The molecule has 1 aliphatic rings. The van der Waals surface area contributed by atoms with Gasteiger partial charge >= 0.3 is 0 Å². The zero-order valence-electron chi connectivity index (χ0n) is 10.9. The summed E-state index contributed by atoms with van der Waals surface area (Å²) in [6.07, 6.45) is 0.979. The minimum Gasteiger partial charge on any atom is -0.507 e. The van der Waals surface area contributed by atoms with Crippen LogP contribution in [-0.2, 0) is 0 Å². The van der Waals surface area contributed by atoms with Gasteiger partial charge in [-0.05, 0) is 25.1 Å². The molecule has 1 N–H and O–H groups in total. The Morgan fingerprint density at radius 2 is 2.00 bits per heavy atom. The van der Waals surface area contributed by atoms with E-state index in [1.54, 1.807) is 24.3 Å². The van der Waals surface area contributed by atoms with Gasteiger partial charge in [0, 0.05) is 31.5 Å². The van der Waals surface area contributed by atoms with Crippen LogP contribution in [0.1, 0.15) is 16.8 Å². The Labute approximate surface area is 122 Å². The molecule has 19 heavy (non-hydrogen) atoms. The first-order chi connectivity index (χ1) is 9.22. The average molecular weight is 327 g/mol. The van der Waals surface area contributed by atoms with Crippen molar-refractivity contribution < 1.29 is 9.90 Å². The number of benzene rings is 1. The third kappa shape index (κ3) is 3.70. The summed E-state index contributed by atoms with van der Waals surface area (Å²) in [5.74, 6) is -0.00662. The summed E-state index contributed by atoms with van der Waals surface area (Å²) in [7, 11) is 0. The molecule has 0 saturated carbocycles. The van der Waals surface area contributed by atoms with Gasteiger partial charge in [-0.1, -0.05) is 28.1 Å². The number of halogens is 1. The molecule has 1 amide bonds. The molecular formula is C14H19BrN2O2. The van der Waals surface area contributed by atoms with Crippen LogP contribution in [0.15, 0.2) is 24.3 Å². The Morgan fingerprint density at radius 1 is 1.21 bits per heavy atom. The lowest BCUT2D eigenvalue weighted by atomic mass is 10.1. The normalized spacial score (nSPS) is 17.2. The monoisotopic (exact) mass is 326 g/mol. The van der Waals surface area contributed by atoms with E-state index in [1.165, 1.54) is 0 Å². The highest BCUT2D eigenvalue weighted by atomic mass is 79.9. The lowest BCUT2D eigenvalue weighted by Gasteiger charge is -2.21. The topological polar surface area (TPSA) is 43.8 Å². The van der Waals surface area contributed by atoms with Gasteiger partial charge in [0.25, 0.3) is 5.91 Å². The lowest BCUT2D eigenvalue weighted by Crippen LogP contribution is -2.35. The summed E-state index contributed by atoms with van der Waals surface area (Å²) < 4.78 is 0. The SMILES string of the molecule is O=C(c1ccccc1O)N1CCCN(CCBr)CC1. The fraction of sp³-hybridized carbons (Fsp3) is 0.500. The van der Waals surface area contributed by atoms with Crippen LogP contribution in [0, 0.1) is 0 Å². The van der Waals surface area contributed by atoms with E-state index in [0.717, 1.165) is 44.5 Å². The lowest BCUT2D eigenvalue weighted by molar-refractivity contribution is 0.0759. The molecule has 104 valence electrons. The maximum Gasteiger partial charge on any atom is 0.257 e. The zero-order chi connectivity index (χ0) is 13.7. The van der Waals surface area contributed by atoms with E-state index in [2.05, 4.69) is 20.8 Å². The predicted molar refractivity (Wildman–Crippen MR) is 78.9 cm³/mol. The molecule has 4 nitrogen and oxygen atoms in total. The predicted octanol–water partition coefficient (Wildman–Crippen LogP) is 1.94. The van der Waals surface area contributed by atoms with Crippen LogP contribution in [-0.4, -0.2) is 58.9 Å². The van der Waals surface area contributed by atoms with Gasteiger partial charge in [-0.2, -0.15) is 0 Å². The van der Waals surface area contributed by atoms with E-state index in [-0.39, 0.29) is 11.7 Å². The Morgan fingerprint density at radius 3 is 2.74 bits per heavy atom. The first-order valence-electron chi connectivity index (χ1n) is 6.58. The summed E-state index contributed by atoms with van der Waals surface area (Å²) in [6, 6.07) is 6.75. The van der Waals surface area contributed by atoms with E-state index in [1.807, 2.05) is 4.90 Å². The third-order valence-electron chi connectivity index (χ3n) is 3.41. The summed E-state index contributed by atoms with van der Waals surface area (Å²) in [4.78, 5) is 16.6. The van der Waals surface area contributed by atoms with E-state index < -0.39 is 0 Å². The smallest absolute Gasteiger partial charge is 0.257 e. The Bertz CT molecular complexity index is 439. The fourth-order valence-electron chi connectivity index (χ4n) is 2.34. The molecule has 1 aromatic rings. The molecular weight excluding hydrogens is 308 g/mol. The van der Waals surface area contributed by atoms with Crippen LogP contribution in [0.2, 0.25) is 0 Å². The van der Waals surface area contributed by atoms with Gasteiger partial charge in [-0.25, -0.2) is 0 Å². The van der Waals surface area contributed by atoms with Gasteiger partial charge in [0.05, 0.1) is 5.56 Å². The number of aromatic hydroxyl groups is 1. The van der Waals surface area contributed by atoms with Gasteiger partial charge in [0.2, 0.25) is 0 Å². The van der Waals surface area contributed by atoms with Crippen LogP contribution < -0.4 is 0 Å². The zero-order valence-corrected chi connectivity index (χ0v) is 12.5. The minimum atomic E-state index is -0.0706. The maximum atomic E-state index is 12.4. The van der Waals surface area contributed by atoms with Crippen molar-refractivity contribution in [3.05, 3.63) is 29.8 Å². The molecule has 1 fully saturated rings. The van der Waals surface area contributed by atoms with Crippen molar-refractivity contribution in [3.8, 4) is 5.75 Å². The largest absolute Gasteiger partial charge is 0.507 e. The number of phenols is 1. The van der Waals surface area contributed by atoms with Crippen LogP contribution in [0.3, 0.4) is 0 Å². The molecule has 0 aromatic heterocycles. The van der Waals surface area contributed by atoms with E-state index in [0.29, 0.717) is 5.56 Å². The van der Waals surface area contributed by atoms with Crippen molar-refractivity contribution in [3.63, 3.8) is 0 Å². The first-order valence-corrected chi connectivity index (χ1v) is 7.70. The first kappa shape index (κ1) is 14.3. The van der Waals surface area contributed by atoms with Gasteiger partial charge in [-0.15, -0.1) is 0 Å². The number of amides is 1. The molecule has 2 rings (SSSR count). The Balaban J connectivity index is 2.02. The highest BCUT2D eigenvalue weighted by Crippen LogP contribution is 2.18. The molecule has 1 aromatic carbocycles. The maximum absolute atomic E-state index is 12.4. The molecule has 0 atom stereocenters. The van der Waals surface area contributed by atoms with E-state index in [4.69, 9.17) is 0 Å².